The second kappa shape index (κ2) is 6.20. The number of pyridine rings is 1. The lowest BCUT2D eigenvalue weighted by Gasteiger charge is -2.16. The molecule has 0 spiro atoms. The average Bonchev–Trinajstić information content (AvgIpc) is 2.35. The maximum atomic E-state index is 11.3. The molecule has 0 fully saturated rings. The number of hydrogen-bond acceptors (Lipinski definition) is 5. The molecule has 17 heavy (non-hydrogen) atoms. The first-order valence-corrected chi connectivity index (χ1v) is 5.58. The van der Waals surface area contributed by atoms with Crippen LogP contribution in [0.3, 0.4) is 0 Å². The fourth-order valence-corrected chi connectivity index (χ4v) is 1.23. The standard InChI is InChI=1S/C12H19N3O2/c1-8(2)10(13)7-15-11-6-9(4-5-14-11)12(16)17-3/h4-6,8,10H,7,13H2,1-3H3,(H,14,15). The Labute approximate surface area is 101 Å². The third-order valence-corrected chi connectivity index (χ3v) is 2.56. The van der Waals surface area contributed by atoms with Gasteiger partial charge in [0.25, 0.3) is 0 Å². The first-order chi connectivity index (χ1) is 8.04. The number of methoxy groups -OCH3 is 1. The van der Waals surface area contributed by atoms with Crippen LogP contribution in [0.1, 0.15) is 24.2 Å². The van der Waals surface area contributed by atoms with Gasteiger partial charge in [-0.1, -0.05) is 13.8 Å². The van der Waals surface area contributed by atoms with E-state index in [0.29, 0.717) is 23.8 Å². The Morgan fingerprint density at radius 2 is 2.29 bits per heavy atom. The smallest absolute Gasteiger partial charge is 0.338 e. The van der Waals surface area contributed by atoms with Crippen molar-refractivity contribution in [3.8, 4) is 0 Å². The van der Waals surface area contributed by atoms with Gasteiger partial charge < -0.3 is 15.8 Å². The molecule has 5 heteroatoms. The summed E-state index contributed by atoms with van der Waals surface area (Å²) in [5, 5.41) is 3.10. The largest absolute Gasteiger partial charge is 0.465 e. The van der Waals surface area contributed by atoms with Gasteiger partial charge >= 0.3 is 5.97 Å². The highest BCUT2D eigenvalue weighted by atomic mass is 16.5. The van der Waals surface area contributed by atoms with Crippen molar-refractivity contribution < 1.29 is 9.53 Å². The van der Waals surface area contributed by atoms with E-state index in [0.717, 1.165) is 0 Å². The summed E-state index contributed by atoms with van der Waals surface area (Å²) < 4.78 is 4.64. The van der Waals surface area contributed by atoms with Crippen LogP contribution in [0.25, 0.3) is 0 Å². The summed E-state index contributed by atoms with van der Waals surface area (Å²) in [5.74, 6) is 0.652. The number of rotatable bonds is 5. The first-order valence-electron chi connectivity index (χ1n) is 5.58. The maximum Gasteiger partial charge on any atom is 0.338 e. The number of anilines is 1. The average molecular weight is 237 g/mol. The minimum Gasteiger partial charge on any atom is -0.465 e. The molecule has 0 aliphatic rings. The second-order valence-corrected chi connectivity index (χ2v) is 4.21. The molecule has 1 heterocycles. The molecule has 1 rings (SSSR count). The third kappa shape index (κ3) is 4.03. The molecule has 0 saturated heterocycles. The predicted octanol–water partition coefficient (Wildman–Crippen LogP) is 1.26. The van der Waals surface area contributed by atoms with Gasteiger partial charge in [0.1, 0.15) is 5.82 Å². The van der Waals surface area contributed by atoms with Gasteiger partial charge in [0, 0.05) is 18.8 Å². The molecule has 0 aromatic carbocycles. The lowest BCUT2D eigenvalue weighted by atomic mass is 10.1. The van der Waals surface area contributed by atoms with Crippen molar-refractivity contribution in [1.82, 2.24) is 4.98 Å². The van der Waals surface area contributed by atoms with Gasteiger partial charge in [-0.15, -0.1) is 0 Å². The molecule has 0 saturated carbocycles. The topological polar surface area (TPSA) is 77.2 Å². The summed E-state index contributed by atoms with van der Waals surface area (Å²) in [6, 6.07) is 3.32. The van der Waals surface area contributed by atoms with Crippen LogP contribution in [0.4, 0.5) is 5.82 Å². The van der Waals surface area contributed by atoms with E-state index in [-0.39, 0.29) is 12.0 Å². The number of nitrogens with two attached hydrogens (primary N) is 1. The maximum absolute atomic E-state index is 11.3. The summed E-state index contributed by atoms with van der Waals surface area (Å²) in [6.07, 6.45) is 1.56. The number of nitrogens with one attached hydrogen (secondary N) is 1. The second-order valence-electron chi connectivity index (χ2n) is 4.21. The molecular weight excluding hydrogens is 218 g/mol. The zero-order valence-corrected chi connectivity index (χ0v) is 10.4. The molecule has 1 unspecified atom stereocenters. The van der Waals surface area contributed by atoms with Crippen molar-refractivity contribution >= 4 is 11.8 Å². The molecule has 94 valence electrons. The van der Waals surface area contributed by atoms with Crippen LogP contribution in [0, 0.1) is 5.92 Å². The quantitative estimate of drug-likeness (QED) is 0.754. The van der Waals surface area contributed by atoms with E-state index in [1.807, 2.05) is 0 Å². The number of nitrogens with zero attached hydrogens (tertiary/aromatic N) is 1. The van der Waals surface area contributed by atoms with E-state index in [1.54, 1.807) is 18.3 Å². The predicted molar refractivity (Wildman–Crippen MR) is 66.9 cm³/mol. The number of carbonyl (C=O) groups is 1. The fraction of sp³-hybridized carbons (Fsp3) is 0.500. The Kier molecular flexibility index (Phi) is 4.90. The van der Waals surface area contributed by atoms with Crippen LogP contribution in [0.2, 0.25) is 0 Å². The summed E-state index contributed by atoms with van der Waals surface area (Å²) in [4.78, 5) is 15.4. The van der Waals surface area contributed by atoms with E-state index in [1.165, 1.54) is 7.11 Å². The number of aromatic nitrogens is 1. The van der Waals surface area contributed by atoms with E-state index in [4.69, 9.17) is 5.73 Å². The van der Waals surface area contributed by atoms with Crippen LogP contribution in [-0.2, 0) is 4.74 Å². The van der Waals surface area contributed by atoms with Crippen LogP contribution in [-0.4, -0.2) is 30.6 Å². The normalized spacial score (nSPS) is 12.3. The molecular formula is C12H19N3O2. The van der Waals surface area contributed by atoms with Gasteiger partial charge in [0.15, 0.2) is 0 Å². The van der Waals surface area contributed by atoms with Gasteiger partial charge in [-0.05, 0) is 18.1 Å². The number of ether oxygens (including phenoxy) is 1. The van der Waals surface area contributed by atoms with Crippen molar-refractivity contribution in [2.75, 3.05) is 19.0 Å². The molecule has 1 aromatic heterocycles. The van der Waals surface area contributed by atoms with Crippen molar-refractivity contribution in [3.05, 3.63) is 23.9 Å². The highest BCUT2D eigenvalue weighted by Gasteiger charge is 2.09. The molecule has 0 aliphatic carbocycles. The lowest BCUT2D eigenvalue weighted by Crippen LogP contribution is -2.34. The molecule has 1 atom stereocenters. The van der Waals surface area contributed by atoms with Gasteiger partial charge in [0.05, 0.1) is 12.7 Å². The summed E-state index contributed by atoms with van der Waals surface area (Å²) in [5.41, 5.74) is 6.38. The zero-order chi connectivity index (χ0) is 12.8. The number of esters is 1. The Morgan fingerprint density at radius 3 is 2.88 bits per heavy atom. The van der Waals surface area contributed by atoms with Crippen LogP contribution >= 0.6 is 0 Å². The lowest BCUT2D eigenvalue weighted by molar-refractivity contribution is 0.0600. The van der Waals surface area contributed by atoms with E-state index in [2.05, 4.69) is 28.9 Å². The summed E-state index contributed by atoms with van der Waals surface area (Å²) in [6.45, 7) is 4.74. The summed E-state index contributed by atoms with van der Waals surface area (Å²) in [7, 11) is 1.35. The Hall–Kier alpha value is -1.62. The summed E-state index contributed by atoms with van der Waals surface area (Å²) >= 11 is 0. The van der Waals surface area contributed by atoms with Crippen molar-refractivity contribution in [2.24, 2.45) is 11.7 Å². The molecule has 0 amide bonds. The first kappa shape index (κ1) is 13.4. The van der Waals surface area contributed by atoms with Crippen LogP contribution in [0.5, 0.6) is 0 Å². The molecule has 0 radical (unpaired) electrons. The van der Waals surface area contributed by atoms with E-state index < -0.39 is 0 Å². The van der Waals surface area contributed by atoms with Crippen LogP contribution < -0.4 is 11.1 Å². The van der Waals surface area contributed by atoms with E-state index >= 15 is 0 Å². The van der Waals surface area contributed by atoms with Crippen LogP contribution in [0.15, 0.2) is 18.3 Å². The highest BCUT2D eigenvalue weighted by molar-refractivity contribution is 5.89. The van der Waals surface area contributed by atoms with Crippen molar-refractivity contribution in [2.45, 2.75) is 19.9 Å². The highest BCUT2D eigenvalue weighted by Crippen LogP contribution is 2.08. The third-order valence-electron chi connectivity index (χ3n) is 2.56. The van der Waals surface area contributed by atoms with E-state index in [9.17, 15) is 4.79 Å². The van der Waals surface area contributed by atoms with Gasteiger partial charge in [-0.3, -0.25) is 0 Å². The Bertz CT molecular complexity index is 380. The van der Waals surface area contributed by atoms with Gasteiger partial charge in [0.2, 0.25) is 0 Å². The molecule has 0 bridgehead atoms. The zero-order valence-electron chi connectivity index (χ0n) is 10.4. The molecule has 3 N–H and O–H groups in total. The van der Waals surface area contributed by atoms with Crippen molar-refractivity contribution in [3.63, 3.8) is 0 Å². The van der Waals surface area contributed by atoms with Gasteiger partial charge in [-0.2, -0.15) is 0 Å². The van der Waals surface area contributed by atoms with Crippen molar-refractivity contribution in [1.29, 1.82) is 0 Å². The monoisotopic (exact) mass is 237 g/mol. The Balaban J connectivity index is 2.63. The number of carbonyl (C=O) groups excluding carboxylic acids is 1. The molecule has 5 nitrogen and oxygen atoms in total. The minimum absolute atomic E-state index is 0.0542. The van der Waals surface area contributed by atoms with Gasteiger partial charge in [-0.25, -0.2) is 9.78 Å². The molecule has 0 aliphatic heterocycles. The minimum atomic E-state index is -0.372. The Morgan fingerprint density at radius 1 is 1.59 bits per heavy atom. The number of hydrogen-bond donors (Lipinski definition) is 2. The SMILES string of the molecule is COC(=O)c1ccnc(NCC(N)C(C)C)c1. The molecule has 1 aromatic rings. The fourth-order valence-electron chi connectivity index (χ4n) is 1.23.